The van der Waals surface area contributed by atoms with Gasteiger partial charge in [0.15, 0.2) is 0 Å². The van der Waals surface area contributed by atoms with E-state index in [0.717, 1.165) is 29.9 Å². The van der Waals surface area contributed by atoms with Crippen molar-refractivity contribution >= 4 is 11.6 Å². The fourth-order valence-corrected chi connectivity index (χ4v) is 2.89. The average Bonchev–Trinajstić information content (AvgIpc) is 2.33. The lowest BCUT2D eigenvalue weighted by Gasteiger charge is -2.27. The van der Waals surface area contributed by atoms with Gasteiger partial charge in [-0.1, -0.05) is 31.9 Å². The molecule has 0 aliphatic heterocycles. The van der Waals surface area contributed by atoms with Crippen LogP contribution in [-0.4, -0.2) is 11.9 Å². The molecule has 2 atom stereocenters. The smallest absolute Gasteiger partial charge is 0.224 e. The van der Waals surface area contributed by atoms with Gasteiger partial charge in [-0.3, -0.25) is 4.79 Å². The zero-order valence-corrected chi connectivity index (χ0v) is 11.9. The number of benzene rings is 1. The molecule has 0 saturated heterocycles. The summed E-state index contributed by atoms with van der Waals surface area (Å²) in [6, 6.07) is 6.23. The summed E-state index contributed by atoms with van der Waals surface area (Å²) in [5.41, 5.74) is 8.71. The summed E-state index contributed by atoms with van der Waals surface area (Å²) in [4.78, 5) is 12.1. The van der Waals surface area contributed by atoms with Crippen LogP contribution < -0.4 is 11.1 Å². The summed E-state index contributed by atoms with van der Waals surface area (Å²) in [6.07, 6.45) is 5.11. The van der Waals surface area contributed by atoms with Crippen molar-refractivity contribution in [2.24, 2.45) is 5.92 Å². The molecular formula is C16H24N2O. The standard InChI is InChI=1S/C16H24N2O/c1-11-4-3-5-14(8-11)18-16(19)10-13-7-6-12(2)9-15(13)17/h6-7,9,11,14H,3-5,8,10,17H2,1-2H3,(H,18,19)/t11-,14-/m0/s1. The first-order valence-corrected chi connectivity index (χ1v) is 7.19. The number of hydrogen-bond donors (Lipinski definition) is 2. The maximum atomic E-state index is 12.1. The minimum atomic E-state index is 0.0923. The summed E-state index contributed by atoms with van der Waals surface area (Å²) < 4.78 is 0. The topological polar surface area (TPSA) is 55.1 Å². The third kappa shape index (κ3) is 3.98. The van der Waals surface area contributed by atoms with E-state index < -0.39 is 0 Å². The Kier molecular flexibility index (Phi) is 4.46. The third-order valence-corrected chi connectivity index (χ3v) is 3.95. The molecule has 1 aliphatic rings. The number of nitrogens with one attached hydrogen (secondary N) is 1. The van der Waals surface area contributed by atoms with Crippen LogP contribution in [0.4, 0.5) is 5.69 Å². The Morgan fingerprint density at radius 1 is 1.42 bits per heavy atom. The monoisotopic (exact) mass is 260 g/mol. The molecule has 2 rings (SSSR count). The summed E-state index contributed by atoms with van der Waals surface area (Å²) >= 11 is 0. The molecule has 0 bridgehead atoms. The Bertz CT molecular complexity index is 456. The first-order chi connectivity index (χ1) is 9.04. The largest absolute Gasteiger partial charge is 0.398 e. The van der Waals surface area contributed by atoms with Gasteiger partial charge >= 0.3 is 0 Å². The molecule has 1 aromatic rings. The van der Waals surface area contributed by atoms with E-state index in [-0.39, 0.29) is 5.91 Å². The predicted molar refractivity (Wildman–Crippen MR) is 78.9 cm³/mol. The van der Waals surface area contributed by atoms with Crippen LogP contribution in [-0.2, 0) is 11.2 Å². The van der Waals surface area contributed by atoms with Crippen molar-refractivity contribution in [2.45, 2.75) is 52.0 Å². The summed E-state index contributed by atoms with van der Waals surface area (Å²) in [5, 5.41) is 3.15. The summed E-state index contributed by atoms with van der Waals surface area (Å²) in [5.74, 6) is 0.818. The fraction of sp³-hybridized carbons (Fsp3) is 0.562. The highest BCUT2D eigenvalue weighted by Crippen LogP contribution is 2.23. The normalized spacial score (nSPS) is 23.1. The number of nitrogen functional groups attached to an aromatic ring is 1. The van der Waals surface area contributed by atoms with Gasteiger partial charge in [-0.15, -0.1) is 0 Å². The van der Waals surface area contributed by atoms with E-state index in [0.29, 0.717) is 18.2 Å². The predicted octanol–water partition coefficient (Wildman–Crippen LogP) is 2.81. The highest BCUT2D eigenvalue weighted by Gasteiger charge is 2.20. The molecule has 1 saturated carbocycles. The number of rotatable bonds is 3. The van der Waals surface area contributed by atoms with Gasteiger partial charge in [-0.05, 0) is 42.9 Å². The lowest BCUT2D eigenvalue weighted by molar-refractivity contribution is -0.121. The van der Waals surface area contributed by atoms with Crippen LogP contribution in [0.3, 0.4) is 0 Å². The number of carbonyl (C=O) groups is 1. The van der Waals surface area contributed by atoms with E-state index in [4.69, 9.17) is 5.73 Å². The quantitative estimate of drug-likeness (QED) is 0.821. The van der Waals surface area contributed by atoms with Gasteiger partial charge in [0, 0.05) is 11.7 Å². The van der Waals surface area contributed by atoms with Crippen LogP contribution in [0.5, 0.6) is 0 Å². The zero-order valence-electron chi connectivity index (χ0n) is 11.9. The number of nitrogens with two attached hydrogens (primary N) is 1. The van der Waals surface area contributed by atoms with Crippen LogP contribution in [0.15, 0.2) is 18.2 Å². The molecule has 1 aromatic carbocycles. The van der Waals surface area contributed by atoms with Gasteiger partial charge in [0.25, 0.3) is 0 Å². The fourth-order valence-electron chi connectivity index (χ4n) is 2.89. The van der Waals surface area contributed by atoms with Gasteiger partial charge < -0.3 is 11.1 Å². The van der Waals surface area contributed by atoms with Crippen LogP contribution in [0.2, 0.25) is 0 Å². The maximum Gasteiger partial charge on any atom is 0.224 e. The van der Waals surface area contributed by atoms with Gasteiger partial charge in [-0.25, -0.2) is 0 Å². The third-order valence-electron chi connectivity index (χ3n) is 3.95. The highest BCUT2D eigenvalue weighted by atomic mass is 16.1. The molecule has 0 unspecified atom stereocenters. The number of carbonyl (C=O) groups excluding carboxylic acids is 1. The Labute approximate surface area is 115 Å². The first-order valence-electron chi connectivity index (χ1n) is 7.19. The van der Waals surface area contributed by atoms with Crippen LogP contribution in [0.25, 0.3) is 0 Å². The van der Waals surface area contributed by atoms with Crippen molar-refractivity contribution in [3.63, 3.8) is 0 Å². The van der Waals surface area contributed by atoms with Crippen LogP contribution in [0, 0.1) is 12.8 Å². The maximum absolute atomic E-state index is 12.1. The van der Waals surface area contributed by atoms with E-state index >= 15 is 0 Å². The SMILES string of the molecule is Cc1ccc(CC(=O)N[C@H]2CCC[C@H](C)C2)c(N)c1. The number of hydrogen-bond acceptors (Lipinski definition) is 2. The van der Waals surface area contributed by atoms with Crippen LogP contribution >= 0.6 is 0 Å². The Morgan fingerprint density at radius 3 is 2.89 bits per heavy atom. The minimum absolute atomic E-state index is 0.0923. The van der Waals surface area contributed by atoms with Crippen molar-refractivity contribution in [3.8, 4) is 0 Å². The van der Waals surface area contributed by atoms with Gasteiger partial charge in [-0.2, -0.15) is 0 Å². The molecular weight excluding hydrogens is 236 g/mol. The van der Waals surface area contributed by atoms with Crippen molar-refractivity contribution < 1.29 is 4.79 Å². The Hall–Kier alpha value is -1.51. The lowest BCUT2D eigenvalue weighted by atomic mass is 9.87. The molecule has 3 nitrogen and oxygen atoms in total. The summed E-state index contributed by atoms with van der Waals surface area (Å²) in [6.45, 7) is 4.26. The van der Waals surface area contributed by atoms with Crippen molar-refractivity contribution in [2.75, 3.05) is 5.73 Å². The molecule has 0 radical (unpaired) electrons. The number of amides is 1. The second kappa shape index (κ2) is 6.09. The lowest BCUT2D eigenvalue weighted by Crippen LogP contribution is -2.38. The summed E-state index contributed by atoms with van der Waals surface area (Å²) in [7, 11) is 0. The number of anilines is 1. The second-order valence-corrected chi connectivity index (χ2v) is 5.92. The second-order valence-electron chi connectivity index (χ2n) is 5.92. The molecule has 0 spiro atoms. The van der Waals surface area contributed by atoms with Gasteiger partial charge in [0.2, 0.25) is 5.91 Å². The molecule has 3 N–H and O–H groups in total. The highest BCUT2D eigenvalue weighted by molar-refractivity contribution is 5.80. The minimum Gasteiger partial charge on any atom is -0.398 e. The molecule has 19 heavy (non-hydrogen) atoms. The Morgan fingerprint density at radius 2 is 2.21 bits per heavy atom. The van der Waals surface area contributed by atoms with Crippen molar-refractivity contribution in [3.05, 3.63) is 29.3 Å². The molecule has 0 aromatic heterocycles. The number of aryl methyl sites for hydroxylation is 1. The molecule has 1 amide bonds. The molecule has 3 heteroatoms. The van der Waals surface area contributed by atoms with E-state index in [2.05, 4.69) is 12.2 Å². The average molecular weight is 260 g/mol. The van der Waals surface area contributed by atoms with E-state index in [9.17, 15) is 4.79 Å². The van der Waals surface area contributed by atoms with Crippen molar-refractivity contribution in [1.82, 2.24) is 5.32 Å². The molecule has 0 heterocycles. The van der Waals surface area contributed by atoms with E-state index in [1.54, 1.807) is 0 Å². The van der Waals surface area contributed by atoms with Gasteiger partial charge in [0.05, 0.1) is 6.42 Å². The molecule has 104 valence electrons. The first kappa shape index (κ1) is 13.9. The zero-order chi connectivity index (χ0) is 13.8. The van der Waals surface area contributed by atoms with Crippen LogP contribution in [0.1, 0.15) is 43.7 Å². The molecule has 1 fully saturated rings. The Balaban J connectivity index is 1.90. The van der Waals surface area contributed by atoms with E-state index in [1.165, 1.54) is 12.8 Å². The van der Waals surface area contributed by atoms with Gasteiger partial charge in [0.1, 0.15) is 0 Å². The van der Waals surface area contributed by atoms with E-state index in [1.807, 2.05) is 25.1 Å². The van der Waals surface area contributed by atoms with Crippen molar-refractivity contribution in [1.29, 1.82) is 0 Å². The molecule has 1 aliphatic carbocycles.